The van der Waals surface area contributed by atoms with Crippen LogP contribution in [0.4, 0.5) is 0 Å². The third-order valence-electron chi connectivity index (χ3n) is 4.67. The molecular weight excluding hydrogens is 380 g/mol. The number of aromatic nitrogens is 2. The molecule has 1 aliphatic carbocycles. The van der Waals surface area contributed by atoms with Crippen LogP contribution >= 0.6 is 23.1 Å². The van der Waals surface area contributed by atoms with Gasteiger partial charge in [0.05, 0.1) is 17.2 Å². The van der Waals surface area contributed by atoms with Gasteiger partial charge >= 0.3 is 0 Å². The summed E-state index contributed by atoms with van der Waals surface area (Å²) < 4.78 is 1.74. The van der Waals surface area contributed by atoms with E-state index in [1.807, 2.05) is 6.07 Å². The number of fused-ring (bicyclic) bond motifs is 3. The second-order valence-electron chi connectivity index (χ2n) is 7.15. The van der Waals surface area contributed by atoms with Gasteiger partial charge in [-0.2, -0.15) is 5.26 Å². The highest BCUT2D eigenvalue weighted by atomic mass is 32.2. The smallest absolute Gasteiger partial charge is 0.263 e. The van der Waals surface area contributed by atoms with E-state index in [1.165, 1.54) is 28.6 Å². The summed E-state index contributed by atoms with van der Waals surface area (Å²) in [7, 11) is 0. The minimum atomic E-state index is -0.225. The maximum Gasteiger partial charge on any atom is 0.263 e. The van der Waals surface area contributed by atoms with Gasteiger partial charge in [-0.3, -0.25) is 14.2 Å². The number of carbonyl (C=O) groups is 1. The van der Waals surface area contributed by atoms with Crippen molar-refractivity contribution >= 4 is 39.2 Å². The molecule has 0 aromatic carbocycles. The van der Waals surface area contributed by atoms with Crippen molar-refractivity contribution in [3.8, 4) is 6.07 Å². The third-order valence-corrected chi connectivity index (χ3v) is 6.83. The maximum atomic E-state index is 13.3. The van der Waals surface area contributed by atoms with E-state index in [9.17, 15) is 9.59 Å². The first kappa shape index (κ1) is 19.9. The van der Waals surface area contributed by atoms with Crippen molar-refractivity contribution in [3.05, 3.63) is 20.8 Å². The van der Waals surface area contributed by atoms with E-state index in [4.69, 9.17) is 10.2 Å². The fourth-order valence-electron chi connectivity index (χ4n) is 3.23. The Balaban J connectivity index is 1.97. The highest BCUT2D eigenvalue weighted by molar-refractivity contribution is 7.99. The number of rotatable bonds is 7. The molecule has 0 bridgehead atoms. The summed E-state index contributed by atoms with van der Waals surface area (Å²) in [4.78, 5) is 32.0. The lowest BCUT2D eigenvalue weighted by Gasteiger charge is -2.14. The molecule has 0 atom stereocenters. The van der Waals surface area contributed by atoms with Gasteiger partial charge in [0.2, 0.25) is 5.91 Å². The van der Waals surface area contributed by atoms with Crippen LogP contribution in [0.3, 0.4) is 0 Å². The van der Waals surface area contributed by atoms with Crippen LogP contribution in [0.15, 0.2) is 9.95 Å². The number of nitrogens with one attached hydrogen (secondary N) is 1. The fraction of sp³-hybridized carbons (Fsp3) is 0.579. The lowest BCUT2D eigenvalue weighted by molar-refractivity contribution is -0.118. The van der Waals surface area contributed by atoms with Crippen LogP contribution in [0.2, 0.25) is 0 Å². The van der Waals surface area contributed by atoms with Crippen molar-refractivity contribution in [1.82, 2.24) is 14.9 Å². The second-order valence-corrected chi connectivity index (χ2v) is 9.17. The van der Waals surface area contributed by atoms with E-state index >= 15 is 0 Å². The number of thioether (sulfide) groups is 1. The molecule has 0 aliphatic heterocycles. The largest absolute Gasteiger partial charge is 0.342 e. The predicted molar refractivity (Wildman–Crippen MR) is 109 cm³/mol. The summed E-state index contributed by atoms with van der Waals surface area (Å²) in [5.41, 5.74) is 1.22. The quantitative estimate of drug-likeness (QED) is 0.435. The van der Waals surface area contributed by atoms with Gasteiger partial charge < -0.3 is 5.32 Å². The average Bonchev–Trinajstić information content (AvgIpc) is 3.02. The van der Waals surface area contributed by atoms with Gasteiger partial charge in [-0.15, -0.1) is 11.3 Å². The molecular formula is C19H24N4O2S2. The molecule has 2 heterocycles. The van der Waals surface area contributed by atoms with E-state index in [0.29, 0.717) is 17.6 Å². The highest BCUT2D eigenvalue weighted by Gasteiger charge is 2.22. The molecule has 0 unspecified atom stereocenters. The number of amides is 1. The summed E-state index contributed by atoms with van der Waals surface area (Å²) in [6, 6.07) is 1.89. The van der Waals surface area contributed by atoms with Gasteiger partial charge in [0, 0.05) is 11.4 Å². The van der Waals surface area contributed by atoms with E-state index in [0.717, 1.165) is 35.9 Å². The Hall–Kier alpha value is -1.85. The summed E-state index contributed by atoms with van der Waals surface area (Å²) >= 11 is 2.90. The topological polar surface area (TPSA) is 87.8 Å². The van der Waals surface area contributed by atoms with E-state index in [2.05, 4.69) is 19.2 Å². The van der Waals surface area contributed by atoms with Crippen LogP contribution in [0.25, 0.3) is 10.2 Å². The molecule has 1 amide bonds. The molecule has 1 N–H and O–H groups in total. The van der Waals surface area contributed by atoms with Crippen molar-refractivity contribution in [2.75, 3.05) is 12.3 Å². The van der Waals surface area contributed by atoms with Crippen LogP contribution in [-0.4, -0.2) is 27.8 Å². The normalized spacial score (nSPS) is 13.6. The zero-order chi connectivity index (χ0) is 19.4. The molecule has 6 nitrogen and oxygen atoms in total. The predicted octanol–water partition coefficient (Wildman–Crippen LogP) is 3.11. The van der Waals surface area contributed by atoms with Crippen LogP contribution in [0.1, 0.15) is 43.6 Å². The molecule has 0 radical (unpaired) electrons. The summed E-state index contributed by atoms with van der Waals surface area (Å²) in [6.45, 7) is 4.85. The number of hydrogen-bond donors (Lipinski definition) is 1. The monoisotopic (exact) mass is 404 g/mol. The van der Waals surface area contributed by atoms with Crippen molar-refractivity contribution in [3.63, 3.8) is 0 Å². The molecule has 144 valence electrons. The van der Waals surface area contributed by atoms with Crippen molar-refractivity contribution in [2.45, 2.75) is 57.7 Å². The van der Waals surface area contributed by atoms with Crippen molar-refractivity contribution < 1.29 is 4.79 Å². The molecule has 2 aromatic heterocycles. The van der Waals surface area contributed by atoms with Gasteiger partial charge in [-0.05, 0) is 43.6 Å². The summed E-state index contributed by atoms with van der Waals surface area (Å²) in [5, 5.41) is 12.5. The Morgan fingerprint density at radius 3 is 2.93 bits per heavy atom. The average molecular weight is 405 g/mol. The van der Waals surface area contributed by atoms with Gasteiger partial charge in [0.1, 0.15) is 11.4 Å². The standard InChI is InChI=1S/C19H24N4O2S2/c1-12(2)7-10-23-18(25)16-13-5-3-4-6-14(13)27-17(16)22-19(23)26-11-15(24)21-9-8-20/h12H,3-7,9-11H2,1-2H3,(H,21,24). The van der Waals surface area contributed by atoms with Gasteiger partial charge in [0.25, 0.3) is 5.56 Å². The Bertz CT molecular complexity index is 940. The summed E-state index contributed by atoms with van der Waals surface area (Å²) in [5.74, 6) is 0.393. The van der Waals surface area contributed by atoms with Gasteiger partial charge in [-0.25, -0.2) is 4.98 Å². The molecule has 0 spiro atoms. The molecule has 0 saturated carbocycles. The fourth-order valence-corrected chi connectivity index (χ4v) is 5.39. The Kier molecular flexibility index (Phi) is 6.55. The highest BCUT2D eigenvalue weighted by Crippen LogP contribution is 2.34. The van der Waals surface area contributed by atoms with Crippen LogP contribution in [-0.2, 0) is 24.2 Å². The lowest BCUT2D eigenvalue weighted by Crippen LogP contribution is -2.27. The van der Waals surface area contributed by atoms with Gasteiger partial charge in [0.15, 0.2) is 5.16 Å². The molecule has 0 fully saturated rings. The molecule has 3 rings (SSSR count). The molecule has 8 heteroatoms. The van der Waals surface area contributed by atoms with Crippen LogP contribution in [0, 0.1) is 17.2 Å². The minimum absolute atomic E-state index is 0.0103. The molecule has 2 aromatic rings. The van der Waals surface area contributed by atoms with Crippen LogP contribution < -0.4 is 10.9 Å². The van der Waals surface area contributed by atoms with E-state index < -0.39 is 0 Å². The summed E-state index contributed by atoms with van der Waals surface area (Å²) in [6.07, 6.45) is 5.16. The molecule has 0 saturated heterocycles. The number of nitrogens with zero attached hydrogens (tertiary/aromatic N) is 3. The van der Waals surface area contributed by atoms with Gasteiger partial charge in [-0.1, -0.05) is 25.6 Å². The molecule has 1 aliphatic rings. The number of hydrogen-bond acceptors (Lipinski definition) is 6. The van der Waals surface area contributed by atoms with Crippen molar-refractivity contribution in [1.29, 1.82) is 5.26 Å². The van der Waals surface area contributed by atoms with E-state index in [-0.39, 0.29) is 23.8 Å². The third kappa shape index (κ3) is 4.53. The Morgan fingerprint density at radius 1 is 1.41 bits per heavy atom. The first-order valence-electron chi connectivity index (χ1n) is 9.32. The number of carbonyl (C=O) groups excluding carboxylic acids is 1. The number of nitriles is 1. The minimum Gasteiger partial charge on any atom is -0.342 e. The Morgan fingerprint density at radius 2 is 2.19 bits per heavy atom. The second kappa shape index (κ2) is 8.89. The number of aryl methyl sites for hydroxylation is 2. The van der Waals surface area contributed by atoms with Crippen molar-refractivity contribution in [2.24, 2.45) is 5.92 Å². The first-order valence-corrected chi connectivity index (χ1v) is 11.1. The molecule has 27 heavy (non-hydrogen) atoms. The van der Waals surface area contributed by atoms with Crippen LogP contribution in [0.5, 0.6) is 0 Å². The maximum absolute atomic E-state index is 13.3. The first-order chi connectivity index (χ1) is 13.0. The Labute approximate surface area is 167 Å². The zero-order valence-corrected chi connectivity index (χ0v) is 17.3. The number of thiophene rings is 1. The SMILES string of the molecule is CC(C)CCn1c(SCC(=O)NCC#N)nc2sc3c(c2c1=O)CCCC3. The van der Waals surface area contributed by atoms with E-state index in [1.54, 1.807) is 15.9 Å². The lowest BCUT2D eigenvalue weighted by atomic mass is 9.97. The zero-order valence-electron chi connectivity index (χ0n) is 15.7.